The molecule has 0 aliphatic rings. The number of nitrogens with one attached hydrogen (secondary N) is 1. The number of hydrogen-bond acceptors (Lipinski definition) is 5. The molecule has 0 spiro atoms. The van der Waals surface area contributed by atoms with Crippen LogP contribution >= 0.6 is 23.2 Å². The van der Waals surface area contributed by atoms with E-state index in [0.29, 0.717) is 27.1 Å². The Bertz CT molecular complexity index is 1270. The predicted octanol–water partition coefficient (Wildman–Crippen LogP) is 5.08. The molecule has 10 heteroatoms. The lowest BCUT2D eigenvalue weighted by molar-refractivity contribution is -0.122. The smallest absolute Gasteiger partial charge is 0.243 e. The van der Waals surface area contributed by atoms with Gasteiger partial charge in [0.1, 0.15) is 0 Å². The van der Waals surface area contributed by atoms with Gasteiger partial charge in [-0.25, -0.2) is 8.42 Å². The highest BCUT2D eigenvalue weighted by Crippen LogP contribution is 2.30. The van der Waals surface area contributed by atoms with E-state index in [4.69, 9.17) is 32.7 Å². The molecule has 3 aromatic carbocycles. The van der Waals surface area contributed by atoms with E-state index in [1.165, 1.54) is 31.4 Å². The van der Waals surface area contributed by atoms with Crippen LogP contribution < -0.4 is 14.8 Å². The van der Waals surface area contributed by atoms with Crippen LogP contribution in [0.3, 0.4) is 0 Å². The summed E-state index contributed by atoms with van der Waals surface area (Å²) >= 11 is 11.9. The predicted molar refractivity (Wildman–Crippen MR) is 137 cm³/mol. The second-order valence-electron chi connectivity index (χ2n) is 7.76. The highest BCUT2D eigenvalue weighted by atomic mass is 35.5. The van der Waals surface area contributed by atoms with Gasteiger partial charge in [0.25, 0.3) is 0 Å². The van der Waals surface area contributed by atoms with Gasteiger partial charge in [-0.3, -0.25) is 4.79 Å². The van der Waals surface area contributed by atoms with Gasteiger partial charge in [-0.2, -0.15) is 4.31 Å². The second-order valence-corrected chi connectivity index (χ2v) is 10.6. The number of ether oxygens (including phenoxy) is 2. The Morgan fingerprint density at radius 3 is 2.06 bits per heavy atom. The van der Waals surface area contributed by atoms with E-state index in [0.717, 1.165) is 9.87 Å². The van der Waals surface area contributed by atoms with Crippen LogP contribution in [-0.4, -0.2) is 39.4 Å². The number of carbonyl (C=O) groups excluding carboxylic acids is 1. The highest BCUT2D eigenvalue weighted by Gasteiger charge is 2.27. The number of amides is 1. The van der Waals surface area contributed by atoms with Crippen molar-refractivity contribution in [3.8, 4) is 11.5 Å². The van der Waals surface area contributed by atoms with Crippen LogP contribution in [0, 0.1) is 0 Å². The molecule has 3 rings (SSSR count). The van der Waals surface area contributed by atoms with Gasteiger partial charge in [-0.1, -0.05) is 41.4 Å². The molecule has 1 amide bonds. The molecule has 0 aliphatic heterocycles. The summed E-state index contributed by atoms with van der Waals surface area (Å²) in [5.41, 5.74) is 1.47. The summed E-state index contributed by atoms with van der Waals surface area (Å²) in [4.78, 5) is 13.0. The average Bonchev–Trinajstić information content (AvgIpc) is 2.84. The maximum Gasteiger partial charge on any atom is 0.243 e. The van der Waals surface area contributed by atoms with Crippen LogP contribution in [-0.2, 0) is 21.4 Å². The molecule has 7 nitrogen and oxygen atoms in total. The Morgan fingerprint density at radius 1 is 0.914 bits per heavy atom. The SMILES string of the molecule is COc1ccc(C(C)NC(=O)CN(Cc2ccc(Cl)cc2)S(=O)(=O)c2ccc(Cl)cc2)cc1OC. The van der Waals surface area contributed by atoms with Gasteiger partial charge in [-0.15, -0.1) is 0 Å². The lowest BCUT2D eigenvalue weighted by Crippen LogP contribution is -2.41. The third kappa shape index (κ3) is 6.89. The van der Waals surface area contributed by atoms with Crippen LogP contribution in [0.5, 0.6) is 11.5 Å². The van der Waals surface area contributed by atoms with E-state index < -0.39 is 22.0 Å². The van der Waals surface area contributed by atoms with Crippen molar-refractivity contribution in [3.05, 3.63) is 87.9 Å². The van der Waals surface area contributed by atoms with Crippen molar-refractivity contribution in [2.45, 2.75) is 24.4 Å². The first-order valence-corrected chi connectivity index (χ1v) is 12.8. The second kappa shape index (κ2) is 11.8. The molecule has 1 atom stereocenters. The lowest BCUT2D eigenvalue weighted by Gasteiger charge is -2.23. The first kappa shape index (κ1) is 26.8. The van der Waals surface area contributed by atoms with Crippen molar-refractivity contribution in [3.63, 3.8) is 0 Å². The molecule has 0 saturated heterocycles. The number of nitrogens with zero attached hydrogens (tertiary/aromatic N) is 1. The third-order valence-corrected chi connectivity index (χ3v) is 7.64. The van der Waals surface area contributed by atoms with Crippen molar-refractivity contribution in [1.82, 2.24) is 9.62 Å². The zero-order valence-electron chi connectivity index (χ0n) is 19.5. The number of carbonyl (C=O) groups is 1. The fourth-order valence-corrected chi connectivity index (χ4v) is 5.06. The van der Waals surface area contributed by atoms with Gasteiger partial charge in [0.2, 0.25) is 15.9 Å². The average molecular weight is 537 g/mol. The number of rotatable bonds is 10. The number of benzene rings is 3. The van der Waals surface area contributed by atoms with E-state index >= 15 is 0 Å². The molecule has 3 aromatic rings. The summed E-state index contributed by atoms with van der Waals surface area (Å²) in [6.07, 6.45) is 0. The topological polar surface area (TPSA) is 84.9 Å². The maximum absolute atomic E-state index is 13.4. The lowest BCUT2D eigenvalue weighted by atomic mass is 10.1. The van der Waals surface area contributed by atoms with E-state index in [1.54, 1.807) is 50.4 Å². The molecule has 0 aromatic heterocycles. The molecule has 1 unspecified atom stereocenters. The molecular formula is C25H26Cl2N2O5S. The van der Waals surface area contributed by atoms with Crippen LogP contribution in [0.2, 0.25) is 10.0 Å². The van der Waals surface area contributed by atoms with Gasteiger partial charge >= 0.3 is 0 Å². The molecule has 0 heterocycles. The minimum atomic E-state index is -4.00. The summed E-state index contributed by atoms with van der Waals surface area (Å²) in [5.74, 6) is 0.637. The first-order chi connectivity index (χ1) is 16.6. The Balaban J connectivity index is 1.83. The van der Waals surface area contributed by atoms with Crippen LogP contribution in [0.4, 0.5) is 0 Å². The first-order valence-electron chi connectivity index (χ1n) is 10.7. The molecular weight excluding hydrogens is 511 g/mol. The highest BCUT2D eigenvalue weighted by molar-refractivity contribution is 7.89. The quantitative estimate of drug-likeness (QED) is 0.390. The van der Waals surface area contributed by atoms with Gasteiger partial charge in [0, 0.05) is 16.6 Å². The van der Waals surface area contributed by atoms with Crippen LogP contribution in [0.15, 0.2) is 71.6 Å². The summed E-state index contributed by atoms with van der Waals surface area (Å²) in [5, 5.41) is 3.80. The van der Waals surface area contributed by atoms with Gasteiger partial charge < -0.3 is 14.8 Å². The number of halogens is 2. The normalized spacial score (nSPS) is 12.3. The van der Waals surface area contributed by atoms with Crippen molar-refractivity contribution < 1.29 is 22.7 Å². The summed E-state index contributed by atoms with van der Waals surface area (Å²) in [6, 6.07) is 17.5. The monoisotopic (exact) mass is 536 g/mol. The molecule has 186 valence electrons. The fourth-order valence-electron chi connectivity index (χ4n) is 3.43. The van der Waals surface area contributed by atoms with Crippen molar-refractivity contribution in [2.75, 3.05) is 20.8 Å². The Morgan fingerprint density at radius 2 is 1.49 bits per heavy atom. The molecule has 35 heavy (non-hydrogen) atoms. The maximum atomic E-state index is 13.4. The van der Waals surface area contributed by atoms with Crippen LogP contribution in [0.25, 0.3) is 0 Å². The minimum absolute atomic E-state index is 0.0136. The number of sulfonamides is 1. The van der Waals surface area contributed by atoms with E-state index in [2.05, 4.69) is 5.32 Å². The molecule has 0 aliphatic carbocycles. The summed E-state index contributed by atoms with van der Waals surface area (Å²) in [7, 11) is -0.927. The summed E-state index contributed by atoms with van der Waals surface area (Å²) in [6.45, 7) is 1.40. The van der Waals surface area contributed by atoms with Crippen molar-refractivity contribution >= 4 is 39.1 Å². The zero-order chi connectivity index (χ0) is 25.6. The minimum Gasteiger partial charge on any atom is -0.493 e. The van der Waals surface area contributed by atoms with Crippen molar-refractivity contribution in [2.24, 2.45) is 0 Å². The summed E-state index contributed by atoms with van der Waals surface area (Å²) < 4.78 is 38.5. The molecule has 0 saturated carbocycles. The van der Waals surface area contributed by atoms with E-state index in [-0.39, 0.29) is 18.0 Å². The molecule has 0 fully saturated rings. The Labute approximate surface area is 215 Å². The number of methoxy groups -OCH3 is 2. The largest absolute Gasteiger partial charge is 0.493 e. The fraction of sp³-hybridized carbons (Fsp3) is 0.240. The molecule has 0 radical (unpaired) electrons. The van der Waals surface area contributed by atoms with Gasteiger partial charge in [-0.05, 0) is 66.6 Å². The van der Waals surface area contributed by atoms with E-state index in [9.17, 15) is 13.2 Å². The van der Waals surface area contributed by atoms with Gasteiger partial charge in [0.05, 0.1) is 31.7 Å². The molecule has 0 bridgehead atoms. The standard InChI is InChI=1S/C25H26Cl2N2O5S/c1-17(19-6-13-23(33-2)24(14-19)34-3)28-25(30)16-29(15-18-4-7-20(26)8-5-18)35(31,32)22-11-9-21(27)10-12-22/h4-14,17H,15-16H2,1-3H3,(H,28,30). The zero-order valence-corrected chi connectivity index (χ0v) is 21.8. The molecule has 1 N–H and O–H groups in total. The Hall–Kier alpha value is -2.78. The third-order valence-electron chi connectivity index (χ3n) is 5.33. The van der Waals surface area contributed by atoms with Crippen LogP contribution in [0.1, 0.15) is 24.1 Å². The number of hydrogen-bond donors (Lipinski definition) is 1. The van der Waals surface area contributed by atoms with Crippen molar-refractivity contribution in [1.29, 1.82) is 0 Å². The Kier molecular flexibility index (Phi) is 9.02. The van der Waals surface area contributed by atoms with E-state index in [1.807, 2.05) is 6.07 Å². The van der Waals surface area contributed by atoms with Gasteiger partial charge in [0.15, 0.2) is 11.5 Å².